The van der Waals surface area contributed by atoms with E-state index in [1.165, 1.54) is 17.0 Å². The van der Waals surface area contributed by atoms with Crippen LogP contribution < -0.4 is 5.32 Å². The summed E-state index contributed by atoms with van der Waals surface area (Å²) in [4.78, 5) is 20.7. The first-order chi connectivity index (χ1) is 10.1. The Balaban J connectivity index is 1.91. The first-order valence-electron chi connectivity index (χ1n) is 6.72. The normalized spacial score (nSPS) is 10.8. The quantitative estimate of drug-likeness (QED) is 0.799. The van der Waals surface area contributed by atoms with Crippen LogP contribution in [0.3, 0.4) is 0 Å². The monoisotopic (exact) mass is 294 g/mol. The molecule has 0 aliphatic heterocycles. The molecule has 0 radical (unpaired) electrons. The number of urea groups is 1. The highest BCUT2D eigenvalue weighted by atomic mass is 19.1. The van der Waals surface area contributed by atoms with Gasteiger partial charge in [-0.05, 0) is 24.6 Å². The van der Waals surface area contributed by atoms with E-state index in [0.717, 1.165) is 6.42 Å². The summed E-state index contributed by atoms with van der Waals surface area (Å²) in [6.45, 7) is 1.49. The second kappa shape index (κ2) is 7.03. The van der Waals surface area contributed by atoms with Gasteiger partial charge in [-0.3, -0.25) is 0 Å². The Bertz CT molecular complexity index is 614. The summed E-state index contributed by atoms with van der Waals surface area (Å²) in [6, 6.07) is 4.17. The summed E-state index contributed by atoms with van der Waals surface area (Å²) >= 11 is 0. The second-order valence-corrected chi connectivity index (χ2v) is 4.78. The molecule has 0 saturated heterocycles. The van der Waals surface area contributed by atoms with Crippen molar-refractivity contribution in [1.29, 1.82) is 0 Å². The molecule has 2 N–H and O–H groups in total. The molecule has 0 aliphatic rings. The van der Waals surface area contributed by atoms with Crippen LogP contribution in [-0.2, 0) is 11.3 Å². The Hall–Kier alpha value is -2.15. The summed E-state index contributed by atoms with van der Waals surface area (Å²) in [5.41, 5.74) is 1.30. The number of fused-ring (bicyclic) bond motifs is 1. The minimum Gasteiger partial charge on any atom is -0.385 e. The van der Waals surface area contributed by atoms with Crippen LogP contribution >= 0.6 is 0 Å². The van der Waals surface area contributed by atoms with Crippen LogP contribution in [0.4, 0.5) is 9.18 Å². The molecule has 1 heterocycles. The Kier molecular flexibility index (Phi) is 5.10. The molecule has 0 atom stereocenters. The SMILES string of the molecule is COCCCNC(=O)N(C)Cc1nc2ccc(F)cc2[nH]1. The van der Waals surface area contributed by atoms with Gasteiger partial charge < -0.3 is 19.9 Å². The van der Waals surface area contributed by atoms with Gasteiger partial charge in [-0.15, -0.1) is 0 Å². The number of hydrogen-bond donors (Lipinski definition) is 2. The third kappa shape index (κ3) is 4.16. The van der Waals surface area contributed by atoms with Gasteiger partial charge in [0.1, 0.15) is 11.6 Å². The number of nitrogens with one attached hydrogen (secondary N) is 2. The molecule has 2 amide bonds. The zero-order valence-corrected chi connectivity index (χ0v) is 12.1. The van der Waals surface area contributed by atoms with E-state index >= 15 is 0 Å². The molecule has 21 heavy (non-hydrogen) atoms. The van der Waals surface area contributed by atoms with Crippen molar-refractivity contribution >= 4 is 17.1 Å². The number of aromatic amines is 1. The number of halogens is 1. The molecule has 1 aromatic heterocycles. The lowest BCUT2D eigenvalue weighted by atomic mass is 10.3. The highest BCUT2D eigenvalue weighted by molar-refractivity contribution is 5.76. The molecule has 0 fully saturated rings. The van der Waals surface area contributed by atoms with Crippen LogP contribution in [0.25, 0.3) is 11.0 Å². The summed E-state index contributed by atoms with van der Waals surface area (Å²) < 4.78 is 18.0. The summed E-state index contributed by atoms with van der Waals surface area (Å²) in [5.74, 6) is 0.298. The Morgan fingerprint density at radius 2 is 2.33 bits per heavy atom. The molecule has 7 heteroatoms. The Labute approximate surface area is 122 Å². The maximum Gasteiger partial charge on any atom is 0.317 e. The molecule has 2 rings (SSSR count). The van der Waals surface area contributed by atoms with Crippen molar-refractivity contribution in [2.24, 2.45) is 0 Å². The highest BCUT2D eigenvalue weighted by Crippen LogP contribution is 2.13. The van der Waals surface area contributed by atoms with Gasteiger partial charge in [0.2, 0.25) is 0 Å². The van der Waals surface area contributed by atoms with Crippen molar-refractivity contribution in [1.82, 2.24) is 20.2 Å². The van der Waals surface area contributed by atoms with Gasteiger partial charge in [0, 0.05) is 27.3 Å². The van der Waals surface area contributed by atoms with Crippen LogP contribution in [0.2, 0.25) is 0 Å². The lowest BCUT2D eigenvalue weighted by molar-refractivity contribution is 0.188. The fraction of sp³-hybridized carbons (Fsp3) is 0.429. The number of benzene rings is 1. The zero-order chi connectivity index (χ0) is 15.2. The van der Waals surface area contributed by atoms with Crippen molar-refractivity contribution in [2.75, 3.05) is 27.3 Å². The minimum absolute atomic E-state index is 0.183. The number of methoxy groups -OCH3 is 1. The van der Waals surface area contributed by atoms with Crippen LogP contribution in [-0.4, -0.2) is 48.2 Å². The lowest BCUT2D eigenvalue weighted by Crippen LogP contribution is -2.37. The number of rotatable bonds is 6. The molecule has 114 valence electrons. The van der Waals surface area contributed by atoms with Crippen molar-refractivity contribution in [3.05, 3.63) is 29.8 Å². The van der Waals surface area contributed by atoms with Crippen molar-refractivity contribution < 1.29 is 13.9 Å². The number of nitrogens with zero attached hydrogens (tertiary/aromatic N) is 2. The molecular weight excluding hydrogens is 275 g/mol. The van der Waals surface area contributed by atoms with E-state index in [4.69, 9.17) is 4.74 Å². The number of ether oxygens (including phenoxy) is 1. The van der Waals surface area contributed by atoms with E-state index in [0.29, 0.717) is 36.6 Å². The molecule has 0 bridgehead atoms. The average Bonchev–Trinajstić information content (AvgIpc) is 2.84. The molecule has 2 aromatic rings. The molecule has 0 aliphatic carbocycles. The van der Waals surface area contributed by atoms with Crippen LogP contribution in [0.1, 0.15) is 12.2 Å². The van der Waals surface area contributed by atoms with Gasteiger partial charge in [0.25, 0.3) is 0 Å². The van der Waals surface area contributed by atoms with Gasteiger partial charge in [0.15, 0.2) is 0 Å². The molecule has 0 unspecified atom stereocenters. The van der Waals surface area contributed by atoms with Gasteiger partial charge >= 0.3 is 6.03 Å². The third-order valence-corrected chi connectivity index (χ3v) is 3.03. The Morgan fingerprint density at radius 3 is 3.10 bits per heavy atom. The number of carbonyl (C=O) groups is 1. The summed E-state index contributed by atoms with van der Waals surface area (Å²) in [6.07, 6.45) is 0.764. The molecule has 1 aromatic carbocycles. The van der Waals surface area contributed by atoms with E-state index in [1.54, 1.807) is 20.2 Å². The predicted octanol–water partition coefficient (Wildman–Crippen LogP) is 1.88. The fourth-order valence-electron chi connectivity index (χ4n) is 1.95. The topological polar surface area (TPSA) is 70.2 Å². The smallest absolute Gasteiger partial charge is 0.317 e. The Morgan fingerprint density at radius 1 is 1.52 bits per heavy atom. The third-order valence-electron chi connectivity index (χ3n) is 3.03. The largest absolute Gasteiger partial charge is 0.385 e. The summed E-state index contributed by atoms with van der Waals surface area (Å²) in [7, 11) is 3.30. The van der Waals surface area contributed by atoms with Gasteiger partial charge in [-0.1, -0.05) is 0 Å². The first-order valence-corrected chi connectivity index (χ1v) is 6.72. The number of imidazole rings is 1. The number of H-pyrrole nitrogens is 1. The van der Waals surface area contributed by atoms with E-state index < -0.39 is 0 Å². The lowest BCUT2D eigenvalue weighted by Gasteiger charge is -2.16. The number of amides is 2. The van der Waals surface area contributed by atoms with Crippen LogP contribution in [0.15, 0.2) is 18.2 Å². The fourth-order valence-corrected chi connectivity index (χ4v) is 1.95. The van der Waals surface area contributed by atoms with Gasteiger partial charge in [-0.2, -0.15) is 0 Å². The molecule has 0 spiro atoms. The standard InChI is InChI=1S/C14H19FN4O2/c1-19(14(20)16-6-3-7-21-2)9-13-17-11-5-4-10(15)8-12(11)18-13/h4-5,8H,3,6-7,9H2,1-2H3,(H,16,20)(H,17,18). The van der Waals surface area contributed by atoms with Gasteiger partial charge in [-0.25, -0.2) is 14.2 Å². The highest BCUT2D eigenvalue weighted by Gasteiger charge is 2.11. The van der Waals surface area contributed by atoms with Crippen molar-refractivity contribution in [3.8, 4) is 0 Å². The molecule has 0 saturated carbocycles. The van der Waals surface area contributed by atoms with E-state index in [2.05, 4.69) is 15.3 Å². The summed E-state index contributed by atoms with van der Waals surface area (Å²) in [5, 5.41) is 2.79. The van der Waals surface area contributed by atoms with Crippen LogP contribution in [0.5, 0.6) is 0 Å². The minimum atomic E-state index is -0.318. The number of carbonyl (C=O) groups excluding carboxylic acids is 1. The van der Waals surface area contributed by atoms with Crippen molar-refractivity contribution in [3.63, 3.8) is 0 Å². The molecule has 6 nitrogen and oxygen atoms in total. The maximum atomic E-state index is 13.1. The average molecular weight is 294 g/mol. The predicted molar refractivity (Wildman–Crippen MR) is 77.4 cm³/mol. The number of hydrogen-bond acceptors (Lipinski definition) is 3. The van der Waals surface area contributed by atoms with Gasteiger partial charge in [0.05, 0.1) is 17.6 Å². The zero-order valence-electron chi connectivity index (χ0n) is 12.1. The van der Waals surface area contributed by atoms with Crippen LogP contribution in [0, 0.1) is 5.82 Å². The van der Waals surface area contributed by atoms with Crippen molar-refractivity contribution in [2.45, 2.75) is 13.0 Å². The maximum absolute atomic E-state index is 13.1. The van der Waals surface area contributed by atoms with E-state index in [-0.39, 0.29) is 11.8 Å². The van der Waals surface area contributed by atoms with E-state index in [9.17, 15) is 9.18 Å². The second-order valence-electron chi connectivity index (χ2n) is 4.78. The molecular formula is C14H19FN4O2. The first kappa shape index (κ1) is 15.2. The van der Waals surface area contributed by atoms with E-state index in [1.807, 2.05) is 0 Å². The number of aromatic nitrogens is 2.